The molecule has 0 heterocycles. The number of rotatable bonds is 3. The van der Waals surface area contributed by atoms with Gasteiger partial charge >= 0.3 is 0 Å². The zero-order valence-corrected chi connectivity index (χ0v) is 12.3. The van der Waals surface area contributed by atoms with E-state index in [2.05, 4.69) is 19.9 Å². The van der Waals surface area contributed by atoms with Crippen molar-refractivity contribution in [3.8, 4) is 0 Å². The molecule has 0 spiro atoms. The van der Waals surface area contributed by atoms with Gasteiger partial charge in [0.25, 0.3) is 0 Å². The fourth-order valence-electron chi connectivity index (χ4n) is 2.43. The predicted octanol–water partition coefficient (Wildman–Crippen LogP) is 4.41. The maximum Gasteiger partial charge on any atom is 0.0911 e. The molecule has 1 N–H and O–H groups in total. The van der Waals surface area contributed by atoms with Gasteiger partial charge in [-0.1, -0.05) is 41.9 Å². The lowest BCUT2D eigenvalue weighted by Crippen LogP contribution is -2.25. The minimum absolute atomic E-state index is 0.578. The summed E-state index contributed by atoms with van der Waals surface area (Å²) < 4.78 is 0. The van der Waals surface area contributed by atoms with Gasteiger partial charge in [-0.15, -0.1) is 0 Å². The number of hydrogen-bond donors (Lipinski definition) is 1. The molecule has 19 heavy (non-hydrogen) atoms. The monoisotopic (exact) mass is 274 g/mol. The van der Waals surface area contributed by atoms with Gasteiger partial charge in [0.15, 0.2) is 0 Å². The topological polar surface area (TPSA) is 20.2 Å². The molecule has 1 atom stereocenters. The fraction of sp³-hybridized carbons (Fsp3) is 0.294. The minimum atomic E-state index is -0.871. The summed E-state index contributed by atoms with van der Waals surface area (Å²) in [6, 6.07) is 13.7. The van der Waals surface area contributed by atoms with Crippen LogP contribution in [0.5, 0.6) is 0 Å². The average Bonchev–Trinajstić information content (AvgIpc) is 2.35. The number of halogens is 1. The molecular weight excluding hydrogens is 256 g/mol. The van der Waals surface area contributed by atoms with Crippen LogP contribution in [0.25, 0.3) is 0 Å². The number of hydrogen-bond acceptors (Lipinski definition) is 1. The molecule has 0 aliphatic rings. The summed E-state index contributed by atoms with van der Waals surface area (Å²) >= 11 is 5.88. The third-order valence-electron chi connectivity index (χ3n) is 3.65. The van der Waals surface area contributed by atoms with E-state index in [1.54, 1.807) is 0 Å². The molecule has 0 amide bonds. The van der Waals surface area contributed by atoms with Crippen LogP contribution in [-0.4, -0.2) is 5.11 Å². The first kappa shape index (κ1) is 14.1. The molecule has 2 heteroatoms. The van der Waals surface area contributed by atoms with Gasteiger partial charge in [-0.3, -0.25) is 0 Å². The molecule has 0 bridgehead atoms. The van der Waals surface area contributed by atoms with E-state index in [-0.39, 0.29) is 0 Å². The van der Waals surface area contributed by atoms with Crippen molar-refractivity contribution >= 4 is 11.6 Å². The summed E-state index contributed by atoms with van der Waals surface area (Å²) in [6.07, 6.45) is 0.578. The first-order valence-electron chi connectivity index (χ1n) is 6.44. The van der Waals surface area contributed by atoms with Crippen LogP contribution in [0.4, 0.5) is 0 Å². The minimum Gasteiger partial charge on any atom is -0.385 e. The molecule has 0 saturated carbocycles. The summed E-state index contributed by atoms with van der Waals surface area (Å²) in [5, 5.41) is 11.5. The van der Waals surface area contributed by atoms with Crippen molar-refractivity contribution in [2.45, 2.75) is 32.8 Å². The molecule has 100 valence electrons. The highest BCUT2D eigenvalue weighted by Crippen LogP contribution is 2.29. The van der Waals surface area contributed by atoms with Gasteiger partial charge in [0.05, 0.1) is 5.60 Å². The molecule has 0 aliphatic carbocycles. The molecule has 2 rings (SSSR count). The van der Waals surface area contributed by atoms with Crippen LogP contribution in [0.15, 0.2) is 42.5 Å². The molecule has 2 aromatic rings. The van der Waals surface area contributed by atoms with Gasteiger partial charge in [0.1, 0.15) is 0 Å². The average molecular weight is 275 g/mol. The molecule has 1 nitrogen and oxygen atoms in total. The van der Waals surface area contributed by atoms with E-state index in [4.69, 9.17) is 11.6 Å². The van der Waals surface area contributed by atoms with Crippen LogP contribution in [-0.2, 0) is 12.0 Å². The van der Waals surface area contributed by atoms with Gasteiger partial charge < -0.3 is 5.11 Å². The Labute approximate surface area is 119 Å². The molecule has 0 radical (unpaired) electrons. The molecule has 0 aromatic heterocycles. The first-order chi connectivity index (χ1) is 8.90. The van der Waals surface area contributed by atoms with Crippen LogP contribution < -0.4 is 0 Å². The SMILES string of the molecule is Cc1cccc(C(C)(O)Cc2ccc(Cl)cc2)c1C. The summed E-state index contributed by atoms with van der Waals surface area (Å²) in [5.74, 6) is 0. The van der Waals surface area contributed by atoms with Crippen LogP contribution >= 0.6 is 11.6 Å². The van der Waals surface area contributed by atoms with Crippen molar-refractivity contribution in [3.63, 3.8) is 0 Å². The summed E-state index contributed by atoms with van der Waals surface area (Å²) in [4.78, 5) is 0. The van der Waals surface area contributed by atoms with Gasteiger partial charge in [-0.2, -0.15) is 0 Å². The lowest BCUT2D eigenvalue weighted by atomic mass is 9.85. The van der Waals surface area contributed by atoms with Crippen molar-refractivity contribution in [3.05, 3.63) is 69.7 Å². The largest absolute Gasteiger partial charge is 0.385 e. The standard InChI is InChI=1S/C17H19ClO/c1-12-5-4-6-16(13(12)2)17(3,19)11-14-7-9-15(18)10-8-14/h4-10,19H,11H2,1-3H3. The zero-order valence-electron chi connectivity index (χ0n) is 11.6. The number of aliphatic hydroxyl groups is 1. The van der Waals surface area contributed by atoms with Crippen molar-refractivity contribution < 1.29 is 5.11 Å². The lowest BCUT2D eigenvalue weighted by Gasteiger charge is -2.26. The zero-order chi connectivity index (χ0) is 14.0. The van der Waals surface area contributed by atoms with Gasteiger partial charge in [0, 0.05) is 11.4 Å². The number of aryl methyl sites for hydroxylation is 1. The van der Waals surface area contributed by atoms with E-state index >= 15 is 0 Å². The van der Waals surface area contributed by atoms with Crippen molar-refractivity contribution in [1.29, 1.82) is 0 Å². The summed E-state index contributed by atoms with van der Waals surface area (Å²) in [7, 11) is 0. The summed E-state index contributed by atoms with van der Waals surface area (Å²) in [6.45, 7) is 5.99. The van der Waals surface area contributed by atoms with Crippen LogP contribution in [0.3, 0.4) is 0 Å². The highest BCUT2D eigenvalue weighted by atomic mass is 35.5. The third-order valence-corrected chi connectivity index (χ3v) is 3.90. The maximum absolute atomic E-state index is 10.8. The highest BCUT2D eigenvalue weighted by molar-refractivity contribution is 6.30. The fourth-order valence-corrected chi connectivity index (χ4v) is 2.56. The smallest absolute Gasteiger partial charge is 0.0911 e. The molecule has 0 fully saturated rings. The lowest BCUT2D eigenvalue weighted by molar-refractivity contribution is 0.0569. The first-order valence-corrected chi connectivity index (χ1v) is 6.81. The number of benzene rings is 2. The Morgan fingerprint density at radius 3 is 2.32 bits per heavy atom. The Hall–Kier alpha value is -1.31. The van der Waals surface area contributed by atoms with E-state index in [1.807, 2.05) is 43.3 Å². The highest BCUT2D eigenvalue weighted by Gasteiger charge is 2.25. The van der Waals surface area contributed by atoms with E-state index in [0.717, 1.165) is 21.7 Å². The van der Waals surface area contributed by atoms with Crippen LogP contribution in [0.2, 0.25) is 5.02 Å². The van der Waals surface area contributed by atoms with Crippen molar-refractivity contribution in [2.75, 3.05) is 0 Å². The predicted molar refractivity (Wildman–Crippen MR) is 80.6 cm³/mol. The summed E-state index contributed by atoms with van der Waals surface area (Å²) in [5.41, 5.74) is 3.55. The second kappa shape index (κ2) is 5.36. The Balaban J connectivity index is 2.31. The van der Waals surface area contributed by atoms with E-state index in [0.29, 0.717) is 6.42 Å². The Bertz CT molecular complexity index is 570. The van der Waals surface area contributed by atoms with Gasteiger partial charge in [-0.25, -0.2) is 0 Å². The van der Waals surface area contributed by atoms with E-state index in [1.165, 1.54) is 5.56 Å². The Kier molecular flexibility index (Phi) is 3.98. The maximum atomic E-state index is 10.8. The molecule has 0 aliphatic heterocycles. The second-order valence-electron chi connectivity index (χ2n) is 5.32. The van der Waals surface area contributed by atoms with Gasteiger partial charge in [0.2, 0.25) is 0 Å². The third kappa shape index (κ3) is 3.17. The Morgan fingerprint density at radius 1 is 1.05 bits per heavy atom. The molecule has 1 unspecified atom stereocenters. The molecule has 0 saturated heterocycles. The van der Waals surface area contributed by atoms with E-state index < -0.39 is 5.60 Å². The second-order valence-corrected chi connectivity index (χ2v) is 5.76. The quantitative estimate of drug-likeness (QED) is 0.879. The normalized spacial score (nSPS) is 14.2. The molecule has 2 aromatic carbocycles. The van der Waals surface area contributed by atoms with E-state index in [9.17, 15) is 5.11 Å². The van der Waals surface area contributed by atoms with Crippen molar-refractivity contribution in [2.24, 2.45) is 0 Å². The van der Waals surface area contributed by atoms with Crippen molar-refractivity contribution in [1.82, 2.24) is 0 Å². The van der Waals surface area contributed by atoms with Crippen LogP contribution in [0.1, 0.15) is 29.2 Å². The Morgan fingerprint density at radius 2 is 1.68 bits per heavy atom. The van der Waals surface area contributed by atoms with Gasteiger partial charge in [-0.05, 0) is 55.2 Å². The molecular formula is C17H19ClO. The van der Waals surface area contributed by atoms with Crippen LogP contribution in [0, 0.1) is 13.8 Å².